The first-order valence-electron chi connectivity index (χ1n) is 7.86. The fraction of sp³-hybridized carbons (Fsp3) is 0.375. The number of anilines is 1. The van der Waals surface area contributed by atoms with Crippen molar-refractivity contribution in [3.63, 3.8) is 0 Å². The van der Waals surface area contributed by atoms with Crippen molar-refractivity contribution in [1.82, 2.24) is 4.98 Å². The Morgan fingerprint density at radius 3 is 2.58 bits per heavy atom. The Morgan fingerprint density at radius 1 is 1.38 bits per heavy atom. The van der Waals surface area contributed by atoms with Crippen molar-refractivity contribution < 1.29 is 14.2 Å². The largest absolute Gasteiger partial charge is 0.419 e. The fourth-order valence-corrected chi connectivity index (χ4v) is 2.83. The third-order valence-corrected chi connectivity index (χ3v) is 4.30. The lowest BCUT2D eigenvalue weighted by molar-refractivity contribution is -0.898. The van der Waals surface area contributed by atoms with Gasteiger partial charge in [0, 0.05) is 17.7 Å². The number of hydrogen-bond acceptors (Lipinski definition) is 6. The zero-order chi connectivity index (χ0) is 17.1. The van der Waals surface area contributed by atoms with Crippen LogP contribution in [0.2, 0.25) is 0 Å². The highest BCUT2D eigenvalue weighted by Crippen LogP contribution is 2.29. The maximum absolute atomic E-state index is 10.7. The summed E-state index contributed by atoms with van der Waals surface area (Å²) in [6.45, 7) is 6.86. The number of likely N-dealkylation sites (N-methyl/N-ethyl adjacent to an activating group) is 1. The van der Waals surface area contributed by atoms with Gasteiger partial charge in [0.25, 0.3) is 5.69 Å². The zero-order valence-electron chi connectivity index (χ0n) is 13.4. The average Bonchev–Trinajstić information content (AvgIpc) is 3.06. The fourth-order valence-electron chi connectivity index (χ4n) is 2.83. The van der Waals surface area contributed by atoms with Crippen LogP contribution in [0.5, 0.6) is 0 Å². The Hall–Kier alpha value is -2.92. The second-order valence-corrected chi connectivity index (χ2v) is 5.68. The Morgan fingerprint density at radius 2 is 2.04 bits per heavy atom. The number of oxazole rings is 1. The van der Waals surface area contributed by atoms with Gasteiger partial charge in [0.1, 0.15) is 6.07 Å². The van der Waals surface area contributed by atoms with Crippen molar-refractivity contribution in [2.45, 2.75) is 6.92 Å². The second kappa shape index (κ2) is 6.68. The molecule has 8 heteroatoms. The van der Waals surface area contributed by atoms with Crippen molar-refractivity contribution in [1.29, 1.82) is 5.26 Å². The van der Waals surface area contributed by atoms with Crippen LogP contribution in [-0.4, -0.2) is 42.6 Å². The predicted octanol–water partition coefficient (Wildman–Crippen LogP) is 0.846. The highest BCUT2D eigenvalue weighted by molar-refractivity contribution is 5.61. The number of nitro benzene ring substituents is 1. The molecule has 0 bridgehead atoms. The molecule has 0 atom stereocenters. The van der Waals surface area contributed by atoms with E-state index < -0.39 is 4.92 Å². The van der Waals surface area contributed by atoms with Gasteiger partial charge < -0.3 is 14.2 Å². The van der Waals surface area contributed by atoms with Gasteiger partial charge in [-0.3, -0.25) is 10.1 Å². The molecule has 2 heterocycles. The monoisotopic (exact) mass is 328 g/mol. The van der Waals surface area contributed by atoms with Crippen molar-refractivity contribution in [2.75, 3.05) is 37.6 Å². The summed E-state index contributed by atoms with van der Waals surface area (Å²) in [7, 11) is 0. The van der Waals surface area contributed by atoms with Crippen molar-refractivity contribution in [3.05, 3.63) is 40.1 Å². The summed E-state index contributed by atoms with van der Waals surface area (Å²) in [5, 5.41) is 20.1. The standard InChI is InChI=1S/C16H17N5O3/c1-2-19-7-9-20(10-8-19)16-14(11-17)18-15(24-16)12-3-5-13(6-4-12)21(22)23/h3-6H,2,7-10H2,1H3/p+1. The molecule has 2 aromatic rings. The van der Waals surface area contributed by atoms with Crippen LogP contribution in [0.3, 0.4) is 0 Å². The SMILES string of the molecule is CC[NH+]1CCN(c2oc(-c3ccc([N+](=O)[O-])cc3)nc2C#N)CC1. The van der Waals surface area contributed by atoms with Gasteiger partial charge in [0.15, 0.2) is 0 Å². The number of nitriles is 1. The quantitative estimate of drug-likeness (QED) is 0.659. The highest BCUT2D eigenvalue weighted by atomic mass is 16.6. The number of hydrogen-bond donors (Lipinski definition) is 1. The molecule has 1 aliphatic heterocycles. The Balaban J connectivity index is 1.85. The van der Waals surface area contributed by atoms with Gasteiger partial charge >= 0.3 is 0 Å². The molecule has 8 nitrogen and oxygen atoms in total. The van der Waals surface area contributed by atoms with Crippen LogP contribution >= 0.6 is 0 Å². The molecule has 1 aromatic heterocycles. The summed E-state index contributed by atoms with van der Waals surface area (Å²) in [4.78, 5) is 18.1. The topological polar surface area (TPSA) is 101 Å². The van der Waals surface area contributed by atoms with Crippen LogP contribution < -0.4 is 9.80 Å². The molecular weight excluding hydrogens is 310 g/mol. The van der Waals surface area contributed by atoms with Crippen molar-refractivity contribution >= 4 is 11.6 Å². The van der Waals surface area contributed by atoms with E-state index in [4.69, 9.17) is 4.42 Å². The van der Waals surface area contributed by atoms with Crippen LogP contribution in [-0.2, 0) is 0 Å². The molecule has 0 radical (unpaired) electrons. The molecule has 1 N–H and O–H groups in total. The van der Waals surface area contributed by atoms with E-state index in [0.29, 0.717) is 17.3 Å². The molecule has 0 amide bonds. The van der Waals surface area contributed by atoms with Gasteiger partial charge in [0.05, 0.1) is 37.6 Å². The normalized spacial score (nSPS) is 15.2. The van der Waals surface area contributed by atoms with E-state index in [-0.39, 0.29) is 11.4 Å². The van der Waals surface area contributed by atoms with Gasteiger partial charge in [-0.05, 0) is 19.1 Å². The first kappa shape index (κ1) is 16.0. The smallest absolute Gasteiger partial charge is 0.269 e. The Kier molecular flexibility index (Phi) is 4.44. The molecule has 0 unspecified atom stereocenters. The third kappa shape index (κ3) is 3.07. The second-order valence-electron chi connectivity index (χ2n) is 5.68. The number of nitrogens with one attached hydrogen (secondary N) is 1. The lowest BCUT2D eigenvalue weighted by Crippen LogP contribution is -3.14. The molecule has 3 rings (SSSR count). The summed E-state index contributed by atoms with van der Waals surface area (Å²) >= 11 is 0. The number of aromatic nitrogens is 1. The van der Waals surface area contributed by atoms with Crippen LogP contribution in [0.25, 0.3) is 11.5 Å². The summed E-state index contributed by atoms with van der Waals surface area (Å²) in [5.74, 6) is 0.794. The Labute approximate surface area is 139 Å². The van der Waals surface area contributed by atoms with E-state index in [1.807, 2.05) is 4.90 Å². The number of nitrogens with zero attached hydrogens (tertiary/aromatic N) is 4. The number of quaternary nitrogens is 1. The summed E-state index contributed by atoms with van der Waals surface area (Å²) in [5.41, 5.74) is 0.870. The van der Waals surface area contributed by atoms with E-state index in [2.05, 4.69) is 18.0 Å². The highest BCUT2D eigenvalue weighted by Gasteiger charge is 2.25. The summed E-state index contributed by atoms with van der Waals surface area (Å²) in [6, 6.07) is 8.03. The molecule has 0 aliphatic carbocycles. The minimum Gasteiger partial charge on any atom is -0.419 e. The molecular formula is C16H18N5O3+. The first-order chi connectivity index (χ1) is 11.6. The van der Waals surface area contributed by atoms with Gasteiger partial charge in [-0.1, -0.05) is 0 Å². The Bertz CT molecular complexity index is 770. The molecule has 124 valence electrons. The van der Waals surface area contributed by atoms with E-state index in [9.17, 15) is 15.4 Å². The molecule has 0 saturated carbocycles. The molecule has 24 heavy (non-hydrogen) atoms. The van der Waals surface area contributed by atoms with E-state index in [1.165, 1.54) is 17.0 Å². The molecule has 1 saturated heterocycles. The number of nitro groups is 1. The van der Waals surface area contributed by atoms with Crippen LogP contribution in [0.15, 0.2) is 28.7 Å². The van der Waals surface area contributed by atoms with E-state index in [1.54, 1.807) is 12.1 Å². The average molecular weight is 328 g/mol. The minimum absolute atomic E-state index is 0.00435. The van der Waals surface area contributed by atoms with Crippen LogP contribution in [0.1, 0.15) is 12.6 Å². The van der Waals surface area contributed by atoms with Crippen LogP contribution in [0, 0.1) is 21.4 Å². The van der Waals surface area contributed by atoms with Gasteiger partial charge in [-0.25, -0.2) is 0 Å². The molecule has 1 fully saturated rings. The molecule has 1 aliphatic rings. The van der Waals surface area contributed by atoms with Gasteiger partial charge in [-0.2, -0.15) is 10.2 Å². The third-order valence-electron chi connectivity index (χ3n) is 4.30. The van der Waals surface area contributed by atoms with Crippen molar-refractivity contribution in [3.8, 4) is 17.5 Å². The summed E-state index contributed by atoms with van der Waals surface area (Å²) in [6.07, 6.45) is 0. The zero-order valence-corrected chi connectivity index (χ0v) is 13.4. The minimum atomic E-state index is -0.457. The number of non-ortho nitro benzene ring substituents is 1. The lowest BCUT2D eigenvalue weighted by Gasteiger charge is -2.31. The van der Waals surface area contributed by atoms with E-state index >= 15 is 0 Å². The molecule has 0 spiro atoms. The number of benzene rings is 1. The van der Waals surface area contributed by atoms with Gasteiger partial charge in [0.2, 0.25) is 17.5 Å². The van der Waals surface area contributed by atoms with Crippen LogP contribution in [0.4, 0.5) is 11.6 Å². The van der Waals surface area contributed by atoms with E-state index in [0.717, 1.165) is 32.7 Å². The predicted molar refractivity (Wildman–Crippen MR) is 86.8 cm³/mol. The summed E-state index contributed by atoms with van der Waals surface area (Å²) < 4.78 is 5.81. The molecule has 1 aromatic carbocycles. The maximum atomic E-state index is 10.7. The maximum Gasteiger partial charge on any atom is 0.269 e. The lowest BCUT2D eigenvalue weighted by atomic mass is 10.2. The number of rotatable bonds is 4. The number of piperazine rings is 1. The van der Waals surface area contributed by atoms with Crippen molar-refractivity contribution in [2.24, 2.45) is 0 Å². The first-order valence-corrected chi connectivity index (χ1v) is 7.86. The van der Waals surface area contributed by atoms with Gasteiger partial charge in [-0.15, -0.1) is 0 Å².